The molecule has 0 saturated carbocycles. The first-order valence-electron chi connectivity index (χ1n) is 8.12. The van der Waals surface area contributed by atoms with Gasteiger partial charge in [-0.1, -0.05) is 29.8 Å². The maximum Gasteiger partial charge on any atom is 0.339 e. The van der Waals surface area contributed by atoms with E-state index in [-0.39, 0.29) is 16.5 Å². The third kappa shape index (κ3) is 2.62. The Hall–Kier alpha value is -1.96. The molecule has 1 fully saturated rings. The maximum atomic E-state index is 13.4. The van der Waals surface area contributed by atoms with Gasteiger partial charge in [-0.3, -0.25) is 0 Å². The van der Waals surface area contributed by atoms with Gasteiger partial charge >= 0.3 is 5.97 Å². The van der Waals surface area contributed by atoms with Crippen LogP contribution in [-0.2, 0) is 20.4 Å². The fourth-order valence-electron chi connectivity index (χ4n) is 3.62. The normalized spacial score (nSPS) is 23.1. The minimum absolute atomic E-state index is 0.0209. The Labute approximate surface area is 155 Å². The quantitative estimate of drug-likeness (QED) is 0.732. The lowest BCUT2D eigenvalue weighted by Crippen LogP contribution is -2.48. The first-order chi connectivity index (χ1) is 12.3. The van der Waals surface area contributed by atoms with Crippen LogP contribution in [0.25, 0.3) is 0 Å². The molecule has 0 bridgehead atoms. The number of halogens is 2. The molecule has 2 aromatic rings. The van der Waals surface area contributed by atoms with Gasteiger partial charge in [0.1, 0.15) is 5.82 Å². The highest BCUT2D eigenvalue weighted by molar-refractivity contribution is 7.89. The third-order valence-electron chi connectivity index (χ3n) is 4.87. The summed E-state index contributed by atoms with van der Waals surface area (Å²) in [5.41, 5.74) is 0.196. The van der Waals surface area contributed by atoms with Crippen molar-refractivity contribution in [2.75, 3.05) is 13.1 Å². The number of carbonyl (C=O) groups is 1. The van der Waals surface area contributed by atoms with Gasteiger partial charge in [-0.2, -0.15) is 4.31 Å². The van der Waals surface area contributed by atoms with E-state index in [4.69, 9.17) is 16.3 Å². The molecule has 2 aromatic carbocycles. The van der Waals surface area contributed by atoms with Crippen LogP contribution < -0.4 is 0 Å². The standard InChI is InChI=1S/C18H15ClFNO4S/c19-15-10-12(6-7-16(15)20)26(23,24)21-9-3-8-18(11-21)14-5-2-1-4-13(14)17(22)25-18/h1-2,4-7,10H,3,8-9,11H2. The maximum absolute atomic E-state index is 13.4. The Morgan fingerprint density at radius 3 is 2.73 bits per heavy atom. The van der Waals surface area contributed by atoms with Crippen molar-refractivity contribution in [3.05, 3.63) is 64.4 Å². The molecule has 0 amide bonds. The first-order valence-corrected chi connectivity index (χ1v) is 9.93. The average molecular weight is 396 g/mol. The topological polar surface area (TPSA) is 63.7 Å². The van der Waals surface area contributed by atoms with Crippen molar-refractivity contribution in [3.8, 4) is 0 Å². The number of nitrogens with zero attached hydrogens (tertiary/aromatic N) is 1. The zero-order chi connectivity index (χ0) is 18.5. The summed E-state index contributed by atoms with van der Waals surface area (Å²) in [4.78, 5) is 12.1. The summed E-state index contributed by atoms with van der Waals surface area (Å²) in [6.45, 7) is 0.311. The SMILES string of the molecule is O=C1OC2(CCCN(S(=O)(=O)c3ccc(F)c(Cl)c3)C2)c2ccccc21. The molecular formula is C18H15ClFNO4S. The van der Waals surface area contributed by atoms with Gasteiger partial charge in [0.15, 0.2) is 5.60 Å². The summed E-state index contributed by atoms with van der Waals surface area (Å²) < 4.78 is 46.3. The molecule has 0 aliphatic carbocycles. The molecule has 0 radical (unpaired) electrons. The number of carbonyl (C=O) groups excluding carboxylic acids is 1. The summed E-state index contributed by atoms with van der Waals surface area (Å²) in [5.74, 6) is -1.12. The van der Waals surface area contributed by atoms with E-state index in [1.165, 1.54) is 10.4 Å². The van der Waals surface area contributed by atoms with Crippen LogP contribution in [0.15, 0.2) is 47.4 Å². The van der Waals surface area contributed by atoms with E-state index in [2.05, 4.69) is 0 Å². The Kier molecular flexibility index (Phi) is 4.06. The lowest BCUT2D eigenvalue weighted by molar-refractivity contribution is -0.0345. The first kappa shape index (κ1) is 17.5. The Morgan fingerprint density at radius 1 is 1.19 bits per heavy atom. The molecule has 1 atom stereocenters. The molecular weight excluding hydrogens is 381 g/mol. The molecule has 1 spiro atoms. The van der Waals surface area contributed by atoms with E-state index in [1.807, 2.05) is 0 Å². The number of benzene rings is 2. The van der Waals surface area contributed by atoms with Gasteiger partial charge in [-0.05, 0) is 37.1 Å². The molecule has 2 heterocycles. The predicted octanol–water partition coefficient (Wildman–Crippen LogP) is 3.33. The minimum Gasteiger partial charge on any atom is -0.449 e. The molecule has 8 heteroatoms. The fraction of sp³-hybridized carbons (Fsp3) is 0.278. The number of hydrogen-bond donors (Lipinski definition) is 0. The Balaban J connectivity index is 1.72. The van der Waals surface area contributed by atoms with Crippen molar-refractivity contribution in [1.29, 1.82) is 0 Å². The summed E-state index contributed by atoms with van der Waals surface area (Å²) in [6, 6.07) is 10.3. The lowest BCUT2D eigenvalue weighted by Gasteiger charge is -2.38. The zero-order valence-electron chi connectivity index (χ0n) is 13.6. The van der Waals surface area contributed by atoms with Crippen LogP contribution in [0.3, 0.4) is 0 Å². The van der Waals surface area contributed by atoms with Crippen molar-refractivity contribution in [1.82, 2.24) is 4.31 Å². The van der Waals surface area contributed by atoms with Crippen molar-refractivity contribution in [2.45, 2.75) is 23.3 Å². The van der Waals surface area contributed by atoms with Crippen LogP contribution in [-0.4, -0.2) is 31.8 Å². The summed E-state index contributed by atoms with van der Waals surface area (Å²) in [6.07, 6.45) is 1.09. The van der Waals surface area contributed by atoms with E-state index < -0.39 is 27.4 Å². The molecule has 4 rings (SSSR count). The summed E-state index contributed by atoms with van der Waals surface area (Å²) in [5, 5.41) is -0.254. The molecule has 2 aliphatic heterocycles. The van der Waals surface area contributed by atoms with Gasteiger partial charge in [0, 0.05) is 12.1 Å². The number of sulfonamides is 1. The minimum atomic E-state index is -3.89. The largest absolute Gasteiger partial charge is 0.449 e. The second-order valence-corrected chi connectivity index (χ2v) is 8.79. The molecule has 5 nitrogen and oxygen atoms in total. The number of piperidine rings is 1. The summed E-state index contributed by atoms with van der Waals surface area (Å²) >= 11 is 5.74. The van der Waals surface area contributed by atoms with Gasteiger partial charge < -0.3 is 4.74 Å². The lowest BCUT2D eigenvalue weighted by atomic mass is 9.86. The number of ether oxygens (including phenoxy) is 1. The monoisotopic (exact) mass is 395 g/mol. The van der Waals surface area contributed by atoms with Crippen LogP contribution in [0.2, 0.25) is 5.02 Å². The molecule has 26 heavy (non-hydrogen) atoms. The van der Waals surface area contributed by atoms with Gasteiger partial charge in [-0.25, -0.2) is 17.6 Å². The Bertz CT molecular complexity index is 1010. The van der Waals surface area contributed by atoms with Crippen molar-refractivity contribution in [2.24, 2.45) is 0 Å². The number of hydrogen-bond acceptors (Lipinski definition) is 4. The van der Waals surface area contributed by atoms with Crippen LogP contribution in [0.1, 0.15) is 28.8 Å². The van der Waals surface area contributed by atoms with Gasteiger partial charge in [-0.15, -0.1) is 0 Å². The zero-order valence-corrected chi connectivity index (χ0v) is 15.2. The molecule has 2 aliphatic rings. The van der Waals surface area contributed by atoms with Crippen LogP contribution in [0.4, 0.5) is 4.39 Å². The van der Waals surface area contributed by atoms with Crippen LogP contribution >= 0.6 is 11.6 Å². The predicted molar refractivity (Wildman–Crippen MR) is 92.9 cm³/mol. The number of fused-ring (bicyclic) bond motifs is 2. The van der Waals surface area contributed by atoms with Crippen molar-refractivity contribution >= 4 is 27.6 Å². The average Bonchev–Trinajstić information content (AvgIpc) is 2.89. The van der Waals surface area contributed by atoms with E-state index in [0.29, 0.717) is 30.5 Å². The van der Waals surface area contributed by atoms with E-state index >= 15 is 0 Å². The van der Waals surface area contributed by atoms with Gasteiger partial charge in [0.2, 0.25) is 10.0 Å². The molecule has 0 N–H and O–H groups in total. The highest BCUT2D eigenvalue weighted by Gasteiger charge is 2.50. The second kappa shape index (κ2) is 6.04. The van der Waals surface area contributed by atoms with Crippen molar-refractivity contribution < 1.29 is 22.3 Å². The Morgan fingerprint density at radius 2 is 1.96 bits per heavy atom. The molecule has 0 aromatic heterocycles. The van der Waals surface area contributed by atoms with E-state index in [0.717, 1.165) is 12.1 Å². The number of esters is 1. The third-order valence-corrected chi connectivity index (χ3v) is 7.01. The van der Waals surface area contributed by atoms with Gasteiger partial charge in [0.05, 0.1) is 22.0 Å². The molecule has 136 valence electrons. The molecule has 1 saturated heterocycles. The van der Waals surface area contributed by atoms with E-state index in [1.54, 1.807) is 24.3 Å². The van der Waals surface area contributed by atoms with Crippen molar-refractivity contribution in [3.63, 3.8) is 0 Å². The fourth-order valence-corrected chi connectivity index (χ4v) is 5.42. The smallest absolute Gasteiger partial charge is 0.339 e. The number of rotatable bonds is 2. The van der Waals surface area contributed by atoms with Crippen LogP contribution in [0, 0.1) is 5.82 Å². The highest BCUT2D eigenvalue weighted by atomic mass is 35.5. The van der Waals surface area contributed by atoms with Gasteiger partial charge in [0.25, 0.3) is 0 Å². The van der Waals surface area contributed by atoms with Crippen LogP contribution in [0.5, 0.6) is 0 Å². The second-order valence-electron chi connectivity index (χ2n) is 6.45. The van der Waals surface area contributed by atoms with E-state index in [9.17, 15) is 17.6 Å². The highest BCUT2D eigenvalue weighted by Crippen LogP contribution is 2.43. The molecule has 1 unspecified atom stereocenters. The summed E-state index contributed by atoms with van der Waals surface area (Å²) in [7, 11) is -3.89.